The Balaban J connectivity index is 1.57. The molecule has 0 spiro atoms. The average molecular weight is 370 g/mol. The summed E-state index contributed by atoms with van der Waals surface area (Å²) in [6.45, 7) is 5.16. The van der Waals surface area contributed by atoms with Gasteiger partial charge in [-0.15, -0.1) is 0 Å². The first-order chi connectivity index (χ1) is 12.8. The molecule has 2 rings (SSSR count). The summed E-state index contributed by atoms with van der Waals surface area (Å²) in [5.41, 5.74) is 0. The maximum atomic E-state index is 6.06. The number of nitrogens with one attached hydrogen (secondary N) is 1. The highest BCUT2D eigenvalue weighted by Gasteiger charge is 2.21. The van der Waals surface area contributed by atoms with Crippen LogP contribution in [0.4, 0.5) is 0 Å². The van der Waals surface area contributed by atoms with Gasteiger partial charge in [-0.25, -0.2) is 0 Å². The summed E-state index contributed by atoms with van der Waals surface area (Å²) in [4.78, 5) is 6.78. The Morgan fingerprint density at radius 2 is 1.58 bits per heavy atom. The lowest BCUT2D eigenvalue weighted by molar-refractivity contribution is 0.00966. The van der Waals surface area contributed by atoms with E-state index in [0.717, 1.165) is 64.7 Å². The second kappa shape index (κ2) is 13.3. The Bertz CT molecular complexity index is 376. The highest BCUT2D eigenvalue weighted by Crippen LogP contribution is 2.19. The van der Waals surface area contributed by atoms with E-state index in [1.54, 1.807) is 7.11 Å². The van der Waals surface area contributed by atoms with Crippen LogP contribution in [0.1, 0.15) is 57.8 Å². The van der Waals surface area contributed by atoms with E-state index in [2.05, 4.69) is 15.2 Å². The third-order valence-electron chi connectivity index (χ3n) is 5.34. The summed E-state index contributed by atoms with van der Waals surface area (Å²) in [5.74, 6) is 0.993. The Labute approximate surface area is 159 Å². The van der Waals surface area contributed by atoms with Crippen LogP contribution in [-0.4, -0.2) is 76.7 Å². The van der Waals surface area contributed by atoms with Crippen LogP contribution in [0.2, 0.25) is 0 Å². The zero-order valence-electron chi connectivity index (χ0n) is 16.9. The number of hydrogen-bond donors (Lipinski definition) is 1. The number of aliphatic imine (C=N–C) groups is 1. The first-order valence-electron chi connectivity index (χ1n) is 10.5. The standard InChI is InChI=1S/C20H39N3O3/c1-21-20(22-12-17-26-18-8-5-3-4-6-9-18)23-13-10-19(11-14-23)25-16-7-15-24-2/h18-19H,3-17H2,1-2H3,(H,21,22). The number of guanidine groups is 1. The van der Waals surface area contributed by atoms with Gasteiger partial charge in [-0.2, -0.15) is 0 Å². The molecule has 6 heteroatoms. The number of hydrogen-bond acceptors (Lipinski definition) is 4. The minimum absolute atomic E-state index is 0.375. The third-order valence-corrected chi connectivity index (χ3v) is 5.34. The number of rotatable bonds is 9. The van der Waals surface area contributed by atoms with Gasteiger partial charge in [-0.1, -0.05) is 25.7 Å². The zero-order valence-corrected chi connectivity index (χ0v) is 16.9. The van der Waals surface area contributed by atoms with E-state index >= 15 is 0 Å². The molecule has 1 N–H and O–H groups in total. The molecule has 1 heterocycles. The van der Waals surface area contributed by atoms with Gasteiger partial charge in [-0.3, -0.25) is 4.99 Å². The van der Waals surface area contributed by atoms with Crippen LogP contribution in [0.3, 0.4) is 0 Å². The van der Waals surface area contributed by atoms with Crippen molar-refractivity contribution in [3.8, 4) is 0 Å². The molecule has 0 amide bonds. The van der Waals surface area contributed by atoms with Crippen molar-refractivity contribution in [2.24, 2.45) is 4.99 Å². The predicted octanol–water partition coefficient (Wildman–Crippen LogP) is 2.82. The molecule has 0 radical (unpaired) electrons. The maximum Gasteiger partial charge on any atom is 0.193 e. The van der Waals surface area contributed by atoms with Crippen molar-refractivity contribution in [3.05, 3.63) is 0 Å². The Morgan fingerprint density at radius 1 is 0.923 bits per heavy atom. The molecule has 0 aromatic heterocycles. The van der Waals surface area contributed by atoms with Gasteiger partial charge < -0.3 is 24.4 Å². The smallest absolute Gasteiger partial charge is 0.193 e. The summed E-state index contributed by atoms with van der Waals surface area (Å²) >= 11 is 0. The van der Waals surface area contributed by atoms with E-state index in [4.69, 9.17) is 14.2 Å². The van der Waals surface area contributed by atoms with Gasteiger partial charge in [0.25, 0.3) is 0 Å². The SMILES string of the molecule is CN=C(NCCOC1CCCCCC1)N1CCC(OCCCOC)CC1. The van der Waals surface area contributed by atoms with E-state index in [1.807, 2.05) is 7.05 Å². The Kier molecular flexibility index (Phi) is 11.0. The molecule has 1 aliphatic heterocycles. The van der Waals surface area contributed by atoms with E-state index < -0.39 is 0 Å². The maximum absolute atomic E-state index is 6.06. The second-order valence-electron chi connectivity index (χ2n) is 7.36. The molecule has 2 aliphatic rings. The van der Waals surface area contributed by atoms with Crippen LogP contribution in [0.15, 0.2) is 4.99 Å². The highest BCUT2D eigenvalue weighted by atomic mass is 16.5. The van der Waals surface area contributed by atoms with E-state index in [-0.39, 0.29) is 0 Å². The van der Waals surface area contributed by atoms with Crippen LogP contribution in [0.25, 0.3) is 0 Å². The average Bonchev–Trinajstić information content (AvgIpc) is 2.95. The molecule has 26 heavy (non-hydrogen) atoms. The first-order valence-corrected chi connectivity index (χ1v) is 10.5. The zero-order chi connectivity index (χ0) is 18.5. The molecule has 0 bridgehead atoms. The van der Waals surface area contributed by atoms with E-state index in [0.29, 0.717) is 12.2 Å². The molecule has 0 unspecified atom stereocenters. The first kappa shape index (κ1) is 21.5. The van der Waals surface area contributed by atoms with Crippen molar-refractivity contribution in [2.75, 3.05) is 53.6 Å². The van der Waals surface area contributed by atoms with Crippen LogP contribution in [0.5, 0.6) is 0 Å². The summed E-state index contributed by atoms with van der Waals surface area (Å²) in [6, 6.07) is 0. The van der Waals surface area contributed by atoms with Crippen molar-refractivity contribution in [1.82, 2.24) is 10.2 Å². The molecule has 1 saturated heterocycles. The molecular weight excluding hydrogens is 330 g/mol. The molecule has 2 fully saturated rings. The number of piperidine rings is 1. The van der Waals surface area contributed by atoms with Crippen molar-refractivity contribution >= 4 is 5.96 Å². The van der Waals surface area contributed by atoms with Crippen molar-refractivity contribution in [3.63, 3.8) is 0 Å². The van der Waals surface area contributed by atoms with Gasteiger partial charge in [0.1, 0.15) is 0 Å². The molecular formula is C20H39N3O3. The molecule has 152 valence electrons. The highest BCUT2D eigenvalue weighted by molar-refractivity contribution is 5.79. The minimum Gasteiger partial charge on any atom is -0.385 e. The second-order valence-corrected chi connectivity index (χ2v) is 7.36. The number of methoxy groups -OCH3 is 1. The molecule has 0 aromatic carbocycles. The normalized spacial score (nSPS) is 21.0. The van der Waals surface area contributed by atoms with Crippen molar-refractivity contribution in [1.29, 1.82) is 0 Å². The van der Waals surface area contributed by atoms with Gasteiger partial charge in [0.05, 0.1) is 18.8 Å². The molecule has 0 atom stereocenters. The van der Waals surface area contributed by atoms with Crippen LogP contribution >= 0.6 is 0 Å². The Hall–Kier alpha value is -0.850. The quantitative estimate of drug-likeness (QED) is 0.293. The van der Waals surface area contributed by atoms with Gasteiger partial charge in [-0.05, 0) is 32.1 Å². The van der Waals surface area contributed by atoms with E-state index in [1.165, 1.54) is 38.5 Å². The van der Waals surface area contributed by atoms with Crippen LogP contribution in [0, 0.1) is 0 Å². The lowest BCUT2D eigenvalue weighted by Gasteiger charge is -2.34. The van der Waals surface area contributed by atoms with Gasteiger partial charge in [0.2, 0.25) is 0 Å². The van der Waals surface area contributed by atoms with Crippen LogP contribution < -0.4 is 5.32 Å². The van der Waals surface area contributed by atoms with Crippen molar-refractivity contribution in [2.45, 2.75) is 70.0 Å². The number of nitrogens with zero attached hydrogens (tertiary/aromatic N) is 2. The van der Waals surface area contributed by atoms with E-state index in [9.17, 15) is 0 Å². The molecule has 1 saturated carbocycles. The molecule has 1 aliphatic carbocycles. The van der Waals surface area contributed by atoms with Crippen LogP contribution in [-0.2, 0) is 14.2 Å². The fourth-order valence-electron chi connectivity index (χ4n) is 3.82. The predicted molar refractivity (Wildman–Crippen MR) is 106 cm³/mol. The van der Waals surface area contributed by atoms with Gasteiger partial charge in [0, 0.05) is 47.0 Å². The van der Waals surface area contributed by atoms with Gasteiger partial charge in [0.15, 0.2) is 5.96 Å². The largest absolute Gasteiger partial charge is 0.385 e. The summed E-state index contributed by atoms with van der Waals surface area (Å²) < 4.78 is 17.1. The van der Waals surface area contributed by atoms with Gasteiger partial charge >= 0.3 is 0 Å². The lowest BCUT2D eigenvalue weighted by Crippen LogP contribution is -2.47. The molecule has 6 nitrogen and oxygen atoms in total. The minimum atomic E-state index is 0.375. The topological polar surface area (TPSA) is 55.3 Å². The number of ether oxygens (including phenoxy) is 3. The monoisotopic (exact) mass is 369 g/mol. The van der Waals surface area contributed by atoms with Crippen molar-refractivity contribution < 1.29 is 14.2 Å². The number of likely N-dealkylation sites (tertiary alicyclic amines) is 1. The Morgan fingerprint density at radius 3 is 2.23 bits per heavy atom. The fraction of sp³-hybridized carbons (Fsp3) is 0.950. The summed E-state index contributed by atoms with van der Waals surface area (Å²) in [5, 5.41) is 3.46. The summed E-state index contributed by atoms with van der Waals surface area (Å²) in [6.07, 6.45) is 11.8. The lowest BCUT2D eigenvalue weighted by atomic mass is 10.1. The molecule has 0 aromatic rings. The summed E-state index contributed by atoms with van der Waals surface area (Å²) in [7, 11) is 3.60. The fourth-order valence-corrected chi connectivity index (χ4v) is 3.82. The third kappa shape index (κ3) is 8.23.